The number of carboxylic acids is 1. The van der Waals surface area contributed by atoms with Crippen LogP contribution >= 0.6 is 23.1 Å². The number of aliphatic carboxylic acids is 1. The predicted octanol–water partition coefficient (Wildman–Crippen LogP) is 0.0970. The molecule has 0 aliphatic carbocycles. The maximum atomic E-state index is 12.8. The van der Waals surface area contributed by atoms with Gasteiger partial charge in [-0.2, -0.15) is 0 Å². The fourth-order valence-electron chi connectivity index (χ4n) is 3.06. The standard InChI is InChI=1S/C16H17N3O7S2/c1-25-16(18-10(20)5-9-3-2-4-27-9)13(23)19-11(12(21)22)8(6-26-15(17)24)7-28-14(16)19/h2-4,7,11,14H,5-6H2,1H3,(H2,17,24)(H,18,20)(H,21,22)/t11?,14-,16+/m1/s1. The van der Waals surface area contributed by atoms with E-state index < -0.39 is 41.0 Å². The lowest BCUT2D eigenvalue weighted by Crippen LogP contribution is -2.83. The number of nitrogens with zero attached hydrogens (tertiary/aromatic N) is 1. The first-order valence-corrected chi connectivity index (χ1v) is 9.83. The van der Waals surface area contributed by atoms with Crippen molar-refractivity contribution in [3.8, 4) is 0 Å². The van der Waals surface area contributed by atoms with E-state index in [0.29, 0.717) is 0 Å². The van der Waals surface area contributed by atoms with Gasteiger partial charge < -0.3 is 30.5 Å². The number of carbonyl (C=O) groups is 4. The number of rotatable bonds is 7. The van der Waals surface area contributed by atoms with Gasteiger partial charge in [-0.3, -0.25) is 9.59 Å². The van der Waals surface area contributed by atoms with Crippen molar-refractivity contribution in [3.63, 3.8) is 0 Å². The normalized spacial score (nSPS) is 26.0. The van der Waals surface area contributed by atoms with Gasteiger partial charge >= 0.3 is 12.1 Å². The molecule has 3 heterocycles. The Kier molecular flexibility index (Phi) is 5.63. The molecule has 1 aromatic rings. The van der Waals surface area contributed by atoms with Crippen molar-refractivity contribution in [3.05, 3.63) is 33.4 Å². The number of fused-ring (bicyclic) bond motifs is 1. The summed E-state index contributed by atoms with van der Waals surface area (Å²) in [6.45, 7) is -0.361. The number of β-lactam (4-membered cyclic amide) rings is 1. The Morgan fingerprint density at radius 2 is 2.18 bits per heavy atom. The molecular formula is C16H17N3O7S2. The monoisotopic (exact) mass is 427 g/mol. The minimum Gasteiger partial charge on any atom is -0.479 e. The van der Waals surface area contributed by atoms with E-state index in [0.717, 1.165) is 21.5 Å². The Morgan fingerprint density at radius 1 is 1.43 bits per heavy atom. The molecule has 4 N–H and O–H groups in total. The Bertz CT molecular complexity index is 841. The molecule has 1 fully saturated rings. The van der Waals surface area contributed by atoms with Crippen LogP contribution < -0.4 is 11.1 Å². The first kappa shape index (κ1) is 20.2. The number of nitrogens with two attached hydrogens (primary N) is 1. The minimum atomic E-state index is -1.67. The highest BCUT2D eigenvalue weighted by molar-refractivity contribution is 8.03. The highest BCUT2D eigenvalue weighted by Crippen LogP contribution is 2.46. The fraction of sp³-hybridized carbons (Fsp3) is 0.375. The quantitative estimate of drug-likeness (QED) is 0.410. The van der Waals surface area contributed by atoms with Crippen LogP contribution in [0.5, 0.6) is 0 Å². The molecule has 12 heteroatoms. The molecule has 3 atom stereocenters. The number of primary amides is 1. The van der Waals surface area contributed by atoms with Crippen LogP contribution in [0.2, 0.25) is 0 Å². The zero-order chi connectivity index (χ0) is 20.5. The molecule has 0 aromatic carbocycles. The van der Waals surface area contributed by atoms with Crippen molar-refractivity contribution in [1.29, 1.82) is 0 Å². The number of hydrogen-bond donors (Lipinski definition) is 3. The Morgan fingerprint density at radius 3 is 2.75 bits per heavy atom. The second-order valence-corrected chi connectivity index (χ2v) is 7.97. The average molecular weight is 427 g/mol. The van der Waals surface area contributed by atoms with Gasteiger partial charge in [0.2, 0.25) is 5.91 Å². The fourth-order valence-corrected chi connectivity index (χ4v) is 5.07. The Labute approximate surface area is 167 Å². The zero-order valence-corrected chi connectivity index (χ0v) is 16.2. The predicted molar refractivity (Wildman–Crippen MR) is 99.2 cm³/mol. The zero-order valence-electron chi connectivity index (χ0n) is 14.6. The van der Waals surface area contributed by atoms with Crippen LogP contribution in [0.1, 0.15) is 4.88 Å². The smallest absolute Gasteiger partial charge is 0.404 e. The van der Waals surface area contributed by atoms with E-state index in [1.807, 2.05) is 11.4 Å². The third-order valence-corrected chi connectivity index (χ3v) is 6.44. The first-order chi connectivity index (χ1) is 13.3. The van der Waals surface area contributed by atoms with E-state index in [1.165, 1.54) is 23.9 Å². The molecule has 0 saturated carbocycles. The summed E-state index contributed by atoms with van der Waals surface area (Å²) in [6, 6.07) is 2.25. The van der Waals surface area contributed by atoms with E-state index in [-0.39, 0.29) is 18.6 Å². The lowest BCUT2D eigenvalue weighted by Gasteiger charge is -2.57. The third kappa shape index (κ3) is 3.45. The van der Waals surface area contributed by atoms with Crippen LogP contribution in [-0.4, -0.2) is 64.7 Å². The van der Waals surface area contributed by atoms with E-state index in [1.54, 1.807) is 6.07 Å². The van der Waals surface area contributed by atoms with Crippen molar-refractivity contribution >= 4 is 47.0 Å². The molecular weight excluding hydrogens is 410 g/mol. The van der Waals surface area contributed by atoms with Gasteiger partial charge in [-0.1, -0.05) is 6.07 Å². The highest BCUT2D eigenvalue weighted by Gasteiger charge is 2.67. The Hall–Kier alpha value is -2.57. The van der Waals surface area contributed by atoms with Crippen molar-refractivity contribution in [2.45, 2.75) is 23.6 Å². The molecule has 0 radical (unpaired) electrons. The number of thioether (sulfide) groups is 1. The molecule has 1 aromatic heterocycles. The molecule has 0 spiro atoms. The van der Waals surface area contributed by atoms with Crippen LogP contribution in [0.3, 0.4) is 0 Å². The van der Waals surface area contributed by atoms with E-state index in [4.69, 9.17) is 10.5 Å². The van der Waals surface area contributed by atoms with Gasteiger partial charge in [0.15, 0.2) is 6.04 Å². The number of carboxylic acid groups (broad SMARTS) is 1. The summed E-state index contributed by atoms with van der Waals surface area (Å²) in [5, 5.41) is 14.7. The number of methoxy groups -OCH3 is 1. The minimum absolute atomic E-state index is 0.0728. The summed E-state index contributed by atoms with van der Waals surface area (Å²) in [6.07, 6.45) is -0.984. The molecule has 1 saturated heterocycles. The summed E-state index contributed by atoms with van der Waals surface area (Å²) >= 11 is 2.49. The largest absolute Gasteiger partial charge is 0.479 e. The number of amides is 3. The van der Waals surface area contributed by atoms with Crippen molar-refractivity contribution in [2.75, 3.05) is 13.7 Å². The van der Waals surface area contributed by atoms with Crippen LogP contribution in [-0.2, 0) is 30.3 Å². The molecule has 1 unspecified atom stereocenters. The summed E-state index contributed by atoms with van der Waals surface area (Å²) in [4.78, 5) is 49.7. The molecule has 3 rings (SSSR count). The molecule has 28 heavy (non-hydrogen) atoms. The molecule has 2 aliphatic rings. The Balaban J connectivity index is 1.79. The maximum absolute atomic E-state index is 12.8. The second kappa shape index (κ2) is 7.81. The lowest BCUT2D eigenvalue weighted by atomic mass is 9.94. The summed E-state index contributed by atoms with van der Waals surface area (Å²) in [5.41, 5.74) is 3.44. The van der Waals surface area contributed by atoms with Gasteiger partial charge in [0.25, 0.3) is 11.6 Å². The summed E-state index contributed by atoms with van der Waals surface area (Å²) in [7, 11) is 1.27. The van der Waals surface area contributed by atoms with Crippen LogP contribution in [0.4, 0.5) is 4.79 Å². The van der Waals surface area contributed by atoms with E-state index in [2.05, 4.69) is 10.1 Å². The number of ether oxygens (including phenoxy) is 2. The number of thiophene rings is 1. The molecule has 150 valence electrons. The van der Waals surface area contributed by atoms with Crippen molar-refractivity contribution < 1.29 is 33.8 Å². The lowest BCUT2D eigenvalue weighted by molar-refractivity contribution is -0.201. The summed E-state index contributed by atoms with van der Waals surface area (Å²) in [5.74, 6) is -2.41. The molecule has 10 nitrogen and oxygen atoms in total. The second-order valence-electron chi connectivity index (χ2n) is 5.99. The van der Waals surface area contributed by atoms with Crippen LogP contribution in [0.25, 0.3) is 0 Å². The maximum Gasteiger partial charge on any atom is 0.404 e. The van der Waals surface area contributed by atoms with Crippen molar-refractivity contribution in [2.24, 2.45) is 5.73 Å². The number of nitrogens with one attached hydrogen (secondary N) is 1. The summed E-state index contributed by atoms with van der Waals surface area (Å²) < 4.78 is 10.0. The highest BCUT2D eigenvalue weighted by atomic mass is 32.2. The van der Waals surface area contributed by atoms with Gasteiger partial charge in [-0.05, 0) is 16.9 Å². The molecule has 3 amide bonds. The number of hydrogen-bond acceptors (Lipinski definition) is 8. The van der Waals surface area contributed by atoms with Gasteiger partial charge in [0.1, 0.15) is 12.0 Å². The van der Waals surface area contributed by atoms with E-state index >= 15 is 0 Å². The SMILES string of the molecule is CO[C@@]1(NC(=O)Cc2cccs2)C(=O)N2C(C(=O)O)C(COC(N)=O)=CS[C@@H]21. The topological polar surface area (TPSA) is 148 Å². The van der Waals surface area contributed by atoms with E-state index in [9.17, 15) is 24.3 Å². The van der Waals surface area contributed by atoms with Gasteiger partial charge in [-0.25, -0.2) is 9.59 Å². The average Bonchev–Trinajstić information content (AvgIpc) is 3.15. The third-order valence-electron chi connectivity index (χ3n) is 4.31. The van der Waals surface area contributed by atoms with Crippen molar-refractivity contribution in [1.82, 2.24) is 10.2 Å². The van der Waals surface area contributed by atoms with Gasteiger partial charge in [0, 0.05) is 17.6 Å². The van der Waals surface area contributed by atoms with Crippen LogP contribution in [0, 0.1) is 0 Å². The van der Waals surface area contributed by atoms with Gasteiger partial charge in [0.05, 0.1) is 6.42 Å². The first-order valence-electron chi connectivity index (χ1n) is 8.01. The van der Waals surface area contributed by atoms with Crippen LogP contribution in [0.15, 0.2) is 28.5 Å². The number of carbonyl (C=O) groups excluding carboxylic acids is 3. The molecule has 2 aliphatic heterocycles. The van der Waals surface area contributed by atoms with Gasteiger partial charge in [-0.15, -0.1) is 23.1 Å². The molecule has 0 bridgehead atoms.